The highest BCUT2D eigenvalue weighted by atomic mass is 16.5. The summed E-state index contributed by atoms with van der Waals surface area (Å²) in [6.45, 7) is 2.70. The molecule has 0 radical (unpaired) electrons. The van der Waals surface area contributed by atoms with Crippen molar-refractivity contribution in [1.29, 1.82) is 0 Å². The predicted molar refractivity (Wildman–Crippen MR) is 116 cm³/mol. The van der Waals surface area contributed by atoms with Crippen molar-refractivity contribution in [3.05, 3.63) is 41.6 Å². The van der Waals surface area contributed by atoms with E-state index in [1.807, 2.05) is 32.0 Å². The Kier molecular flexibility index (Phi) is 6.90. The van der Waals surface area contributed by atoms with Crippen LogP contribution < -0.4 is 20.3 Å². The summed E-state index contributed by atoms with van der Waals surface area (Å²) in [6, 6.07) is 9.55. The molecule has 0 aliphatic heterocycles. The molecule has 7 nitrogen and oxygen atoms in total. The number of nitrogens with zero attached hydrogens (tertiary/aromatic N) is 3. The molecule has 0 unspecified atom stereocenters. The zero-order valence-electron chi connectivity index (χ0n) is 17.7. The van der Waals surface area contributed by atoms with Gasteiger partial charge in [0.1, 0.15) is 11.6 Å². The first-order valence-corrected chi connectivity index (χ1v) is 10.2. The fraction of sp³-hybridized carbons (Fsp3) is 0.500. The van der Waals surface area contributed by atoms with Gasteiger partial charge in [-0.3, -0.25) is 4.79 Å². The molecule has 2 N–H and O–H groups in total. The maximum atomic E-state index is 12.3. The topological polar surface area (TPSA) is 79.4 Å². The number of rotatable bonds is 7. The van der Waals surface area contributed by atoms with Crippen LogP contribution in [0.25, 0.3) is 0 Å². The second-order valence-electron chi connectivity index (χ2n) is 7.89. The molecule has 0 saturated heterocycles. The molecule has 0 spiro atoms. The molecule has 0 bridgehead atoms. The van der Waals surface area contributed by atoms with Gasteiger partial charge in [-0.15, -0.1) is 0 Å². The summed E-state index contributed by atoms with van der Waals surface area (Å²) in [5.74, 6) is 2.84. The van der Waals surface area contributed by atoms with E-state index in [4.69, 9.17) is 4.74 Å². The number of methoxy groups -OCH3 is 1. The lowest BCUT2D eigenvalue weighted by Crippen LogP contribution is -2.34. The molecule has 2 aromatic rings. The molecule has 1 aliphatic carbocycles. The van der Waals surface area contributed by atoms with Crippen molar-refractivity contribution < 1.29 is 9.53 Å². The molecular formula is C22H31N5O2. The molecule has 1 aliphatic rings. The zero-order valence-corrected chi connectivity index (χ0v) is 17.7. The van der Waals surface area contributed by atoms with Crippen molar-refractivity contribution in [2.24, 2.45) is 5.92 Å². The summed E-state index contributed by atoms with van der Waals surface area (Å²) in [5.41, 5.74) is 1.62. The van der Waals surface area contributed by atoms with Crippen LogP contribution in [0.4, 0.5) is 11.8 Å². The second-order valence-corrected chi connectivity index (χ2v) is 7.89. The minimum absolute atomic E-state index is 0.0303. The molecule has 1 aromatic heterocycles. The Morgan fingerprint density at radius 2 is 1.83 bits per heavy atom. The predicted octanol–water partition coefficient (Wildman–Crippen LogP) is 3.26. The van der Waals surface area contributed by atoms with Gasteiger partial charge in [0.25, 0.3) is 5.91 Å². The van der Waals surface area contributed by atoms with Crippen molar-refractivity contribution in [2.45, 2.75) is 38.6 Å². The lowest BCUT2D eigenvalue weighted by molar-refractivity contribution is 0.0943. The summed E-state index contributed by atoms with van der Waals surface area (Å²) in [7, 11) is 5.58. The van der Waals surface area contributed by atoms with Crippen molar-refractivity contribution in [3.63, 3.8) is 0 Å². The highest BCUT2D eigenvalue weighted by Gasteiger charge is 2.22. The number of hydrogen-bond donors (Lipinski definition) is 2. The van der Waals surface area contributed by atoms with Crippen LogP contribution in [-0.4, -0.2) is 49.7 Å². The molecule has 1 heterocycles. The molecule has 1 aromatic carbocycles. The maximum Gasteiger partial charge on any atom is 0.251 e. The van der Waals surface area contributed by atoms with E-state index in [2.05, 4.69) is 20.6 Å². The lowest BCUT2D eigenvalue weighted by atomic mass is 9.86. The van der Waals surface area contributed by atoms with Crippen LogP contribution in [0.5, 0.6) is 5.75 Å². The number of nitrogens with one attached hydrogen (secondary N) is 2. The zero-order chi connectivity index (χ0) is 20.8. The van der Waals surface area contributed by atoms with E-state index in [0.717, 1.165) is 42.9 Å². The van der Waals surface area contributed by atoms with Crippen LogP contribution in [0, 0.1) is 12.8 Å². The standard InChI is InChI=1S/C22H31N5O2/c1-15-13-20(27(2)3)26-22(24-15)25-18-9-5-16(6-10-18)14-23-21(28)17-7-11-19(29-4)12-8-17/h7-8,11-13,16,18H,5-6,9-10,14H2,1-4H3,(H,23,28)(H,24,25,26)/t16-,18+. The first-order chi connectivity index (χ1) is 13.9. The van der Waals surface area contributed by atoms with E-state index in [9.17, 15) is 4.79 Å². The van der Waals surface area contributed by atoms with Crippen LogP contribution >= 0.6 is 0 Å². The highest BCUT2D eigenvalue weighted by Crippen LogP contribution is 2.26. The summed E-state index contributed by atoms with van der Waals surface area (Å²) in [4.78, 5) is 23.4. The summed E-state index contributed by atoms with van der Waals surface area (Å²) in [6.07, 6.45) is 4.26. The number of amides is 1. The monoisotopic (exact) mass is 397 g/mol. The van der Waals surface area contributed by atoms with Gasteiger partial charge in [0.2, 0.25) is 5.95 Å². The third-order valence-electron chi connectivity index (χ3n) is 5.38. The quantitative estimate of drug-likeness (QED) is 0.747. The second kappa shape index (κ2) is 9.58. The van der Waals surface area contributed by atoms with Crippen molar-refractivity contribution in [2.75, 3.05) is 38.0 Å². The molecule has 1 fully saturated rings. The van der Waals surface area contributed by atoms with E-state index in [1.165, 1.54) is 0 Å². The van der Waals surface area contributed by atoms with Gasteiger partial charge >= 0.3 is 0 Å². The molecule has 7 heteroatoms. The van der Waals surface area contributed by atoms with Gasteiger partial charge in [0.05, 0.1) is 7.11 Å². The minimum Gasteiger partial charge on any atom is -0.497 e. The SMILES string of the molecule is COc1ccc(C(=O)NC[C@H]2CC[C@@H](Nc3nc(C)cc(N(C)C)n3)CC2)cc1. The van der Waals surface area contributed by atoms with Crippen molar-refractivity contribution in [3.8, 4) is 5.75 Å². The number of carbonyl (C=O) groups excluding carboxylic acids is 1. The van der Waals surface area contributed by atoms with Gasteiger partial charge in [0.15, 0.2) is 0 Å². The van der Waals surface area contributed by atoms with Crippen LogP contribution in [0.2, 0.25) is 0 Å². The average molecular weight is 398 g/mol. The van der Waals surface area contributed by atoms with E-state index in [1.54, 1.807) is 31.4 Å². The van der Waals surface area contributed by atoms with E-state index in [-0.39, 0.29) is 5.91 Å². The summed E-state index contributed by atoms with van der Waals surface area (Å²) >= 11 is 0. The van der Waals surface area contributed by atoms with Crippen molar-refractivity contribution in [1.82, 2.24) is 15.3 Å². The third kappa shape index (κ3) is 5.82. The summed E-state index contributed by atoms with van der Waals surface area (Å²) in [5, 5.41) is 6.56. The van der Waals surface area contributed by atoms with Gasteiger partial charge in [0, 0.05) is 44.0 Å². The molecule has 156 valence electrons. The molecule has 29 heavy (non-hydrogen) atoms. The van der Waals surface area contributed by atoms with Crippen molar-refractivity contribution >= 4 is 17.7 Å². The molecule has 1 amide bonds. The first-order valence-electron chi connectivity index (χ1n) is 10.2. The number of anilines is 2. The van der Waals surface area contributed by atoms with Crippen LogP contribution in [0.15, 0.2) is 30.3 Å². The Hall–Kier alpha value is -2.83. The van der Waals surface area contributed by atoms with Gasteiger partial charge in [-0.2, -0.15) is 4.98 Å². The van der Waals surface area contributed by atoms with Crippen LogP contribution in [0.1, 0.15) is 41.7 Å². The fourth-order valence-corrected chi connectivity index (χ4v) is 3.62. The number of aryl methyl sites for hydroxylation is 1. The van der Waals surface area contributed by atoms with Crippen LogP contribution in [0.3, 0.4) is 0 Å². The highest BCUT2D eigenvalue weighted by molar-refractivity contribution is 5.94. The Bertz CT molecular complexity index is 814. The molecule has 3 rings (SSSR count). The summed E-state index contributed by atoms with van der Waals surface area (Å²) < 4.78 is 5.13. The molecular weight excluding hydrogens is 366 g/mol. The van der Waals surface area contributed by atoms with Gasteiger partial charge < -0.3 is 20.3 Å². The van der Waals surface area contributed by atoms with Gasteiger partial charge in [-0.05, 0) is 62.8 Å². The van der Waals surface area contributed by atoms with E-state index >= 15 is 0 Å². The Morgan fingerprint density at radius 3 is 2.45 bits per heavy atom. The van der Waals surface area contributed by atoms with E-state index < -0.39 is 0 Å². The van der Waals surface area contributed by atoms with Gasteiger partial charge in [-0.1, -0.05) is 0 Å². The lowest BCUT2D eigenvalue weighted by Gasteiger charge is -2.29. The Labute approximate surface area is 172 Å². The number of ether oxygens (including phenoxy) is 1. The minimum atomic E-state index is -0.0303. The van der Waals surface area contributed by atoms with Gasteiger partial charge in [-0.25, -0.2) is 4.98 Å². The Morgan fingerprint density at radius 1 is 1.14 bits per heavy atom. The number of aromatic nitrogens is 2. The molecule has 1 saturated carbocycles. The Balaban J connectivity index is 1.45. The average Bonchev–Trinajstić information content (AvgIpc) is 2.72. The number of hydrogen-bond acceptors (Lipinski definition) is 6. The third-order valence-corrected chi connectivity index (χ3v) is 5.38. The first kappa shape index (κ1) is 20.9. The fourth-order valence-electron chi connectivity index (χ4n) is 3.62. The number of benzene rings is 1. The van der Waals surface area contributed by atoms with E-state index in [0.29, 0.717) is 30.0 Å². The number of carbonyl (C=O) groups is 1. The smallest absolute Gasteiger partial charge is 0.251 e. The normalized spacial score (nSPS) is 18.8. The largest absolute Gasteiger partial charge is 0.497 e. The maximum absolute atomic E-state index is 12.3. The molecule has 0 atom stereocenters. The van der Waals surface area contributed by atoms with Crippen LogP contribution in [-0.2, 0) is 0 Å².